The number of aromatic hydroxyl groups is 1. The van der Waals surface area contributed by atoms with Crippen LogP contribution in [0.3, 0.4) is 0 Å². The summed E-state index contributed by atoms with van der Waals surface area (Å²) in [6.07, 6.45) is 0.201. The Kier molecular flexibility index (Phi) is 7.53. The number of carbonyl (C=O) groups excluding carboxylic acids is 3. The van der Waals surface area contributed by atoms with E-state index < -0.39 is 17.4 Å². The third-order valence-corrected chi connectivity index (χ3v) is 6.55. The second-order valence-corrected chi connectivity index (χ2v) is 9.45. The molecule has 9 nitrogen and oxygen atoms in total. The van der Waals surface area contributed by atoms with Crippen molar-refractivity contribution in [3.05, 3.63) is 89.5 Å². The van der Waals surface area contributed by atoms with Gasteiger partial charge in [-0.25, -0.2) is 9.79 Å². The quantitative estimate of drug-likeness (QED) is 0.223. The fourth-order valence-corrected chi connectivity index (χ4v) is 4.38. The predicted molar refractivity (Wildman–Crippen MR) is 151 cm³/mol. The molecule has 0 saturated heterocycles. The molecule has 0 fully saturated rings. The van der Waals surface area contributed by atoms with Crippen molar-refractivity contribution in [2.24, 2.45) is 10.7 Å². The topological polar surface area (TPSA) is 138 Å². The molecule has 0 aliphatic rings. The standard InChI is InChI=1S/C30H30N4O5/c1-5-24(35)34(30(2,3)29(31)38)21-14-12-20(13-15-21)32-26(18-9-7-6-8-10-18)25-22-16-11-19(28(37)39-4)17-23(22)33-27(25)36/h6-17,33,36H,5H2,1-4H3,(H2,31,38). The molecule has 1 heterocycles. The molecule has 0 saturated carbocycles. The lowest BCUT2D eigenvalue weighted by Crippen LogP contribution is -2.56. The van der Waals surface area contributed by atoms with Crippen LogP contribution < -0.4 is 10.6 Å². The lowest BCUT2D eigenvalue weighted by molar-refractivity contribution is -0.127. The molecule has 4 aromatic rings. The largest absolute Gasteiger partial charge is 0.494 e. The third kappa shape index (κ3) is 5.24. The maximum atomic E-state index is 12.7. The molecular weight excluding hydrogens is 496 g/mol. The molecule has 3 aromatic carbocycles. The van der Waals surface area contributed by atoms with Crippen LogP contribution in [-0.2, 0) is 14.3 Å². The number of benzene rings is 3. The summed E-state index contributed by atoms with van der Waals surface area (Å²) < 4.78 is 4.81. The maximum absolute atomic E-state index is 12.7. The van der Waals surface area contributed by atoms with Crippen molar-refractivity contribution in [3.63, 3.8) is 0 Å². The number of hydrogen-bond acceptors (Lipinski definition) is 6. The molecule has 0 bridgehead atoms. The van der Waals surface area contributed by atoms with Gasteiger partial charge in [0.2, 0.25) is 11.8 Å². The summed E-state index contributed by atoms with van der Waals surface area (Å²) >= 11 is 0. The molecule has 9 heteroatoms. The van der Waals surface area contributed by atoms with Crippen molar-refractivity contribution in [1.82, 2.24) is 4.98 Å². The number of H-pyrrole nitrogens is 1. The van der Waals surface area contributed by atoms with Crippen molar-refractivity contribution in [1.29, 1.82) is 0 Å². The normalized spacial score (nSPS) is 11.8. The minimum absolute atomic E-state index is 0.103. The molecule has 39 heavy (non-hydrogen) atoms. The van der Waals surface area contributed by atoms with Crippen LogP contribution in [0.4, 0.5) is 11.4 Å². The zero-order valence-electron chi connectivity index (χ0n) is 22.2. The molecule has 0 aliphatic heterocycles. The Morgan fingerprint density at radius 3 is 2.26 bits per heavy atom. The number of hydrogen-bond donors (Lipinski definition) is 3. The van der Waals surface area contributed by atoms with Crippen LogP contribution in [0.1, 0.15) is 48.7 Å². The van der Waals surface area contributed by atoms with Crippen LogP contribution in [0.15, 0.2) is 77.8 Å². The summed E-state index contributed by atoms with van der Waals surface area (Å²) in [5.74, 6) is -1.45. The van der Waals surface area contributed by atoms with E-state index in [1.54, 1.807) is 63.2 Å². The molecule has 4 N–H and O–H groups in total. The highest BCUT2D eigenvalue weighted by Crippen LogP contribution is 2.33. The number of aromatic amines is 1. The molecule has 1 aromatic heterocycles. The second kappa shape index (κ2) is 10.8. The van der Waals surface area contributed by atoms with Crippen molar-refractivity contribution >= 4 is 45.8 Å². The predicted octanol–water partition coefficient (Wildman–Crippen LogP) is 4.84. The number of ether oxygens (including phenoxy) is 1. The summed E-state index contributed by atoms with van der Waals surface area (Å²) in [7, 11) is 1.31. The molecule has 0 aliphatic carbocycles. The fourth-order valence-electron chi connectivity index (χ4n) is 4.38. The SMILES string of the molecule is CCC(=O)N(c1ccc(N=C(c2ccccc2)c2c(O)[nH]c3cc(C(=O)OC)ccc23)cc1)C(C)(C)C(N)=O. The van der Waals surface area contributed by atoms with Crippen molar-refractivity contribution in [3.8, 4) is 5.88 Å². The minimum Gasteiger partial charge on any atom is -0.494 e. The number of nitrogens with one attached hydrogen (secondary N) is 1. The van der Waals surface area contributed by atoms with E-state index >= 15 is 0 Å². The highest BCUT2D eigenvalue weighted by molar-refractivity contribution is 6.22. The van der Waals surface area contributed by atoms with Gasteiger partial charge in [0.1, 0.15) is 5.54 Å². The number of primary amides is 1. The van der Waals surface area contributed by atoms with Crippen molar-refractivity contribution < 1.29 is 24.2 Å². The molecule has 200 valence electrons. The van der Waals surface area contributed by atoms with Gasteiger partial charge in [0.15, 0.2) is 5.88 Å². The number of nitrogens with two attached hydrogens (primary N) is 1. The first-order valence-electron chi connectivity index (χ1n) is 12.4. The van der Waals surface area contributed by atoms with E-state index in [1.807, 2.05) is 30.3 Å². The van der Waals surface area contributed by atoms with Gasteiger partial charge in [0.05, 0.1) is 29.6 Å². The van der Waals surface area contributed by atoms with E-state index in [0.717, 1.165) is 5.56 Å². The lowest BCUT2D eigenvalue weighted by atomic mass is 9.99. The van der Waals surface area contributed by atoms with Crippen LogP contribution in [0, 0.1) is 0 Å². The molecule has 4 rings (SSSR count). The summed E-state index contributed by atoms with van der Waals surface area (Å²) in [6, 6.07) is 21.2. The summed E-state index contributed by atoms with van der Waals surface area (Å²) in [6.45, 7) is 4.93. The van der Waals surface area contributed by atoms with Gasteiger partial charge >= 0.3 is 5.97 Å². The molecule has 0 spiro atoms. The molecule has 2 amide bonds. The van der Waals surface area contributed by atoms with Crippen LogP contribution >= 0.6 is 0 Å². The van der Waals surface area contributed by atoms with E-state index in [2.05, 4.69) is 4.98 Å². The Hall–Kier alpha value is -4.92. The summed E-state index contributed by atoms with van der Waals surface area (Å²) in [5, 5.41) is 11.6. The molecule has 0 unspecified atom stereocenters. The highest BCUT2D eigenvalue weighted by Gasteiger charge is 2.36. The van der Waals surface area contributed by atoms with E-state index in [0.29, 0.717) is 39.1 Å². The van der Waals surface area contributed by atoms with Gasteiger partial charge in [0, 0.05) is 28.6 Å². The van der Waals surface area contributed by atoms with E-state index in [4.69, 9.17) is 15.5 Å². The number of carbonyl (C=O) groups is 3. The number of aliphatic imine (C=N–C) groups is 1. The van der Waals surface area contributed by atoms with Crippen LogP contribution in [0.2, 0.25) is 0 Å². The van der Waals surface area contributed by atoms with Gasteiger partial charge in [0.25, 0.3) is 0 Å². The average Bonchev–Trinajstić information content (AvgIpc) is 3.26. The number of amides is 2. The maximum Gasteiger partial charge on any atom is 0.337 e. The average molecular weight is 527 g/mol. The van der Waals surface area contributed by atoms with Crippen molar-refractivity contribution in [2.45, 2.75) is 32.7 Å². The first-order valence-corrected chi connectivity index (χ1v) is 12.4. The van der Waals surface area contributed by atoms with Gasteiger partial charge in [-0.3, -0.25) is 14.5 Å². The number of nitrogens with zero attached hydrogens (tertiary/aromatic N) is 2. The molecule has 0 radical (unpaired) electrons. The fraction of sp³-hybridized carbons (Fsp3) is 0.200. The van der Waals surface area contributed by atoms with E-state index in [1.165, 1.54) is 12.0 Å². The third-order valence-electron chi connectivity index (χ3n) is 6.55. The number of methoxy groups -OCH3 is 1. The smallest absolute Gasteiger partial charge is 0.337 e. The second-order valence-electron chi connectivity index (χ2n) is 9.45. The summed E-state index contributed by atoms with van der Waals surface area (Å²) in [4.78, 5) is 46.1. The number of esters is 1. The number of anilines is 1. The van der Waals surface area contributed by atoms with E-state index in [-0.39, 0.29) is 18.2 Å². The van der Waals surface area contributed by atoms with Crippen LogP contribution in [-0.4, -0.2) is 46.2 Å². The summed E-state index contributed by atoms with van der Waals surface area (Å²) in [5.41, 5.74) is 8.05. The zero-order chi connectivity index (χ0) is 28.3. The number of aromatic nitrogens is 1. The van der Waals surface area contributed by atoms with Gasteiger partial charge in [-0.15, -0.1) is 0 Å². The number of fused-ring (bicyclic) bond motifs is 1. The Bertz CT molecular complexity index is 1570. The minimum atomic E-state index is -1.23. The Balaban J connectivity index is 1.84. The van der Waals surface area contributed by atoms with Gasteiger partial charge in [-0.2, -0.15) is 0 Å². The van der Waals surface area contributed by atoms with Crippen molar-refractivity contribution in [2.75, 3.05) is 12.0 Å². The van der Waals surface area contributed by atoms with Crippen LogP contribution in [0.25, 0.3) is 10.9 Å². The molecular formula is C30H30N4O5. The number of rotatable bonds is 8. The van der Waals surface area contributed by atoms with E-state index in [9.17, 15) is 19.5 Å². The first-order chi connectivity index (χ1) is 18.6. The lowest BCUT2D eigenvalue weighted by Gasteiger charge is -2.36. The monoisotopic (exact) mass is 526 g/mol. The zero-order valence-corrected chi connectivity index (χ0v) is 22.2. The highest BCUT2D eigenvalue weighted by atomic mass is 16.5. The molecule has 0 atom stereocenters. The Morgan fingerprint density at radius 2 is 1.67 bits per heavy atom. The first kappa shape index (κ1) is 27.1. The van der Waals surface area contributed by atoms with Gasteiger partial charge in [-0.05, 0) is 50.2 Å². The Labute approximate surface area is 225 Å². The Morgan fingerprint density at radius 1 is 1.00 bits per heavy atom. The van der Waals surface area contributed by atoms with Gasteiger partial charge < -0.3 is 20.6 Å². The van der Waals surface area contributed by atoms with Gasteiger partial charge in [-0.1, -0.05) is 43.3 Å². The van der Waals surface area contributed by atoms with Crippen LogP contribution in [0.5, 0.6) is 5.88 Å².